The van der Waals surface area contributed by atoms with Crippen LogP contribution in [0.4, 0.5) is 5.13 Å². The van der Waals surface area contributed by atoms with E-state index in [1.54, 1.807) is 12.4 Å². The van der Waals surface area contributed by atoms with Crippen LogP contribution in [0.25, 0.3) is 5.65 Å². The second-order valence-corrected chi connectivity index (χ2v) is 4.73. The molecule has 0 fully saturated rings. The van der Waals surface area contributed by atoms with Gasteiger partial charge in [-0.3, -0.25) is 0 Å². The molecule has 0 amide bonds. The molecule has 0 aliphatic carbocycles. The van der Waals surface area contributed by atoms with Gasteiger partial charge < -0.3 is 15.2 Å². The van der Waals surface area contributed by atoms with Crippen molar-refractivity contribution in [3.05, 3.63) is 47.4 Å². The Morgan fingerprint density at radius 1 is 1.41 bits per heavy atom. The van der Waals surface area contributed by atoms with Gasteiger partial charge in [-0.15, -0.1) is 0 Å². The highest BCUT2D eigenvalue weighted by Crippen LogP contribution is 2.27. The third kappa shape index (κ3) is 1.77. The first-order valence-corrected chi connectivity index (χ1v) is 5.88. The van der Waals surface area contributed by atoms with E-state index in [9.17, 15) is 5.11 Å². The van der Waals surface area contributed by atoms with E-state index in [1.807, 2.05) is 28.8 Å². The fourth-order valence-corrected chi connectivity index (χ4v) is 2.34. The number of hydrogen-bond acceptors (Lipinski definition) is 5. The molecule has 5 nitrogen and oxygen atoms in total. The third-order valence-electron chi connectivity index (χ3n) is 2.47. The monoisotopic (exact) mass is 246 g/mol. The van der Waals surface area contributed by atoms with Gasteiger partial charge in [0, 0.05) is 18.6 Å². The third-order valence-corrected chi connectivity index (χ3v) is 3.35. The summed E-state index contributed by atoms with van der Waals surface area (Å²) >= 11 is 1.27. The van der Waals surface area contributed by atoms with Crippen molar-refractivity contribution < 1.29 is 5.11 Å². The van der Waals surface area contributed by atoms with Crippen LogP contribution in [0.15, 0.2) is 36.8 Å². The Bertz CT molecular complexity index is 627. The second kappa shape index (κ2) is 3.83. The molecule has 3 heterocycles. The SMILES string of the molecule is Nc1ncc(C(O)c2cn3ccccc3n2)s1. The van der Waals surface area contributed by atoms with Gasteiger partial charge in [-0.2, -0.15) is 0 Å². The molecular formula is C11H10N4OS. The van der Waals surface area contributed by atoms with Crippen molar-refractivity contribution >= 4 is 22.1 Å². The predicted octanol–water partition coefficient (Wildman–Crippen LogP) is 1.45. The number of aromatic nitrogens is 3. The number of fused-ring (bicyclic) bond motifs is 1. The molecule has 3 N–H and O–H groups in total. The van der Waals surface area contributed by atoms with E-state index in [0.717, 1.165) is 5.65 Å². The lowest BCUT2D eigenvalue weighted by Crippen LogP contribution is -1.96. The Kier molecular flexibility index (Phi) is 2.31. The van der Waals surface area contributed by atoms with E-state index in [-0.39, 0.29) is 0 Å². The number of anilines is 1. The van der Waals surface area contributed by atoms with Gasteiger partial charge in [0.1, 0.15) is 11.8 Å². The van der Waals surface area contributed by atoms with Crippen molar-refractivity contribution in [1.29, 1.82) is 0 Å². The normalized spacial score (nSPS) is 13.0. The van der Waals surface area contributed by atoms with Gasteiger partial charge in [0.2, 0.25) is 0 Å². The minimum Gasteiger partial charge on any atom is -0.381 e. The topological polar surface area (TPSA) is 76.4 Å². The van der Waals surface area contributed by atoms with E-state index >= 15 is 0 Å². The zero-order valence-electron chi connectivity index (χ0n) is 8.82. The Labute approximate surface area is 101 Å². The molecule has 0 bridgehead atoms. The summed E-state index contributed by atoms with van der Waals surface area (Å²) in [4.78, 5) is 8.97. The van der Waals surface area contributed by atoms with Gasteiger partial charge in [0.05, 0.1) is 10.6 Å². The highest BCUT2D eigenvalue weighted by Gasteiger charge is 2.16. The summed E-state index contributed by atoms with van der Waals surface area (Å²) < 4.78 is 1.86. The highest BCUT2D eigenvalue weighted by molar-refractivity contribution is 7.15. The molecule has 0 saturated carbocycles. The maximum atomic E-state index is 10.1. The summed E-state index contributed by atoms with van der Waals surface area (Å²) in [6.45, 7) is 0. The summed E-state index contributed by atoms with van der Waals surface area (Å²) in [5.41, 5.74) is 6.94. The van der Waals surface area contributed by atoms with Crippen LogP contribution in [0, 0.1) is 0 Å². The van der Waals surface area contributed by atoms with Crippen LogP contribution >= 0.6 is 11.3 Å². The van der Waals surface area contributed by atoms with Crippen LogP contribution in [-0.2, 0) is 0 Å². The van der Waals surface area contributed by atoms with Crippen molar-refractivity contribution in [2.24, 2.45) is 0 Å². The lowest BCUT2D eigenvalue weighted by atomic mass is 10.2. The molecule has 0 spiro atoms. The molecule has 0 saturated heterocycles. The predicted molar refractivity (Wildman–Crippen MR) is 65.8 cm³/mol. The Morgan fingerprint density at radius 2 is 2.29 bits per heavy atom. The molecule has 1 unspecified atom stereocenters. The Morgan fingerprint density at radius 3 is 3.00 bits per heavy atom. The van der Waals surface area contributed by atoms with Crippen molar-refractivity contribution in [2.45, 2.75) is 6.10 Å². The van der Waals surface area contributed by atoms with Crippen LogP contribution in [-0.4, -0.2) is 19.5 Å². The van der Waals surface area contributed by atoms with Gasteiger partial charge in [-0.25, -0.2) is 9.97 Å². The number of hydrogen-bond donors (Lipinski definition) is 2. The number of rotatable bonds is 2. The molecule has 6 heteroatoms. The second-order valence-electron chi connectivity index (χ2n) is 3.64. The Balaban J connectivity index is 2.03. The lowest BCUT2D eigenvalue weighted by molar-refractivity contribution is 0.219. The first-order chi connectivity index (χ1) is 8.24. The number of aliphatic hydroxyl groups excluding tert-OH is 1. The number of aliphatic hydroxyl groups is 1. The average molecular weight is 246 g/mol. The number of imidazole rings is 1. The lowest BCUT2D eigenvalue weighted by Gasteiger charge is -2.02. The molecule has 0 aliphatic heterocycles. The summed E-state index contributed by atoms with van der Waals surface area (Å²) in [7, 11) is 0. The van der Waals surface area contributed by atoms with Crippen LogP contribution in [0.1, 0.15) is 16.7 Å². The van der Waals surface area contributed by atoms with Crippen molar-refractivity contribution in [3.8, 4) is 0 Å². The van der Waals surface area contributed by atoms with Gasteiger partial charge in [-0.1, -0.05) is 17.4 Å². The average Bonchev–Trinajstić information content (AvgIpc) is 2.93. The summed E-state index contributed by atoms with van der Waals surface area (Å²) in [5, 5.41) is 10.6. The molecule has 0 aliphatic rings. The van der Waals surface area contributed by atoms with E-state index in [4.69, 9.17) is 5.73 Å². The van der Waals surface area contributed by atoms with Gasteiger partial charge in [0.25, 0.3) is 0 Å². The summed E-state index contributed by atoms with van der Waals surface area (Å²) in [5.74, 6) is 0. The first-order valence-electron chi connectivity index (χ1n) is 5.07. The molecule has 17 heavy (non-hydrogen) atoms. The maximum absolute atomic E-state index is 10.1. The summed E-state index contributed by atoms with van der Waals surface area (Å²) in [6, 6.07) is 5.70. The minimum absolute atomic E-state index is 0.447. The van der Waals surface area contributed by atoms with Gasteiger partial charge in [-0.05, 0) is 12.1 Å². The number of nitrogens with zero attached hydrogens (tertiary/aromatic N) is 3. The quantitative estimate of drug-likeness (QED) is 0.717. The number of nitrogens with two attached hydrogens (primary N) is 1. The van der Waals surface area contributed by atoms with Gasteiger partial charge >= 0.3 is 0 Å². The number of thiazole rings is 1. The fourth-order valence-electron chi connectivity index (χ4n) is 1.66. The molecule has 0 radical (unpaired) electrons. The molecule has 3 aromatic heterocycles. The van der Waals surface area contributed by atoms with Crippen LogP contribution in [0.5, 0.6) is 0 Å². The fraction of sp³-hybridized carbons (Fsp3) is 0.0909. The summed E-state index contributed by atoms with van der Waals surface area (Å²) in [6.07, 6.45) is 4.49. The molecular weight excluding hydrogens is 236 g/mol. The largest absolute Gasteiger partial charge is 0.381 e. The van der Waals surface area contributed by atoms with Gasteiger partial charge in [0.15, 0.2) is 5.13 Å². The van der Waals surface area contributed by atoms with E-state index in [0.29, 0.717) is 15.7 Å². The van der Waals surface area contributed by atoms with Crippen molar-refractivity contribution in [1.82, 2.24) is 14.4 Å². The van der Waals surface area contributed by atoms with Crippen LogP contribution < -0.4 is 5.73 Å². The molecule has 3 aromatic rings. The zero-order valence-corrected chi connectivity index (χ0v) is 9.63. The smallest absolute Gasteiger partial charge is 0.180 e. The number of pyridine rings is 1. The molecule has 0 aromatic carbocycles. The van der Waals surface area contributed by atoms with Crippen LogP contribution in [0.3, 0.4) is 0 Å². The maximum Gasteiger partial charge on any atom is 0.180 e. The van der Waals surface area contributed by atoms with E-state index < -0.39 is 6.10 Å². The van der Waals surface area contributed by atoms with Crippen molar-refractivity contribution in [3.63, 3.8) is 0 Å². The zero-order chi connectivity index (χ0) is 11.8. The van der Waals surface area contributed by atoms with E-state index in [1.165, 1.54) is 11.3 Å². The van der Waals surface area contributed by atoms with Crippen molar-refractivity contribution in [2.75, 3.05) is 5.73 Å². The minimum atomic E-state index is -0.773. The van der Waals surface area contributed by atoms with Crippen LogP contribution in [0.2, 0.25) is 0 Å². The first kappa shape index (κ1) is 10.2. The molecule has 3 rings (SSSR count). The highest BCUT2D eigenvalue weighted by atomic mass is 32.1. The molecule has 86 valence electrons. The van der Waals surface area contributed by atoms with E-state index in [2.05, 4.69) is 9.97 Å². The molecule has 1 atom stereocenters. The number of nitrogen functional groups attached to an aromatic ring is 1. The Hall–Kier alpha value is -1.92. The standard InChI is InChI=1S/C11H10N4OS/c12-11-13-5-8(17-11)10(16)7-6-15-4-2-1-3-9(15)14-7/h1-6,10,16H,(H2,12,13).